The summed E-state index contributed by atoms with van der Waals surface area (Å²) >= 11 is 0. The van der Waals surface area contributed by atoms with Crippen LogP contribution in [0.15, 0.2) is 42.5 Å². The molecule has 0 unspecified atom stereocenters. The molecule has 0 aliphatic heterocycles. The predicted molar refractivity (Wildman–Crippen MR) is 154 cm³/mol. The number of carboxylic acid groups (broad SMARTS) is 1. The molecular weight excluding hydrogens is 478 g/mol. The van der Waals surface area contributed by atoms with E-state index in [0.717, 1.165) is 35.1 Å². The van der Waals surface area contributed by atoms with E-state index in [1.807, 2.05) is 35.2 Å². The lowest BCUT2D eigenvalue weighted by Crippen LogP contribution is -2.37. The van der Waals surface area contributed by atoms with Gasteiger partial charge in [-0.3, -0.25) is 4.79 Å². The van der Waals surface area contributed by atoms with Gasteiger partial charge in [-0.2, -0.15) is 0 Å². The second kappa shape index (κ2) is 12.1. The predicted octanol–water partition coefficient (Wildman–Crippen LogP) is 7.07. The molecule has 0 heterocycles. The van der Waals surface area contributed by atoms with Gasteiger partial charge in [0, 0.05) is 30.3 Å². The number of phenolic OH excluding ortho intramolecular Hbond substituents is 1. The Morgan fingerprint density at radius 3 is 1.89 bits per heavy atom. The van der Waals surface area contributed by atoms with Crippen LogP contribution in [0.3, 0.4) is 0 Å². The Balaban J connectivity index is 2.29. The highest BCUT2D eigenvalue weighted by molar-refractivity contribution is 5.92. The van der Waals surface area contributed by atoms with Crippen molar-refractivity contribution in [1.82, 2.24) is 4.90 Å². The first-order valence-corrected chi connectivity index (χ1v) is 13.3. The average molecular weight is 524 g/mol. The summed E-state index contributed by atoms with van der Waals surface area (Å²) in [7, 11) is 0. The summed E-state index contributed by atoms with van der Waals surface area (Å²) in [5, 5.41) is 20.3. The fourth-order valence-electron chi connectivity index (χ4n) is 4.01. The van der Waals surface area contributed by atoms with Gasteiger partial charge in [0.1, 0.15) is 11.5 Å². The molecule has 2 aromatic rings. The molecule has 0 aromatic heterocycles. The van der Waals surface area contributed by atoms with Gasteiger partial charge in [0.05, 0.1) is 0 Å². The SMILES string of the molecule is CCCCN(Cc1ccc(OC(C)(C)C(=O)O)cc1)C(=O)/C=C/c1cc(C(C)(C)C)c(O)c(C(C)(C)C)c1. The van der Waals surface area contributed by atoms with Crippen molar-refractivity contribution in [3.8, 4) is 11.5 Å². The molecule has 2 aromatic carbocycles. The number of hydrogen-bond donors (Lipinski definition) is 2. The fourth-order valence-corrected chi connectivity index (χ4v) is 4.01. The molecular formula is C32H45NO5. The Bertz CT molecular complexity index is 1110. The van der Waals surface area contributed by atoms with Crippen molar-refractivity contribution in [3.05, 3.63) is 64.7 Å². The Kier molecular flexibility index (Phi) is 9.82. The van der Waals surface area contributed by atoms with Gasteiger partial charge in [0.25, 0.3) is 0 Å². The second-order valence-corrected chi connectivity index (χ2v) is 12.5. The molecule has 6 nitrogen and oxygen atoms in total. The summed E-state index contributed by atoms with van der Waals surface area (Å²) in [4.78, 5) is 26.4. The zero-order valence-corrected chi connectivity index (χ0v) is 24.5. The normalized spacial score (nSPS) is 12.6. The lowest BCUT2D eigenvalue weighted by molar-refractivity contribution is -0.152. The summed E-state index contributed by atoms with van der Waals surface area (Å²) in [6.07, 6.45) is 5.28. The summed E-state index contributed by atoms with van der Waals surface area (Å²) in [6.45, 7) is 18.6. The minimum Gasteiger partial charge on any atom is -0.507 e. The molecule has 0 saturated heterocycles. The van der Waals surface area contributed by atoms with Crippen molar-refractivity contribution in [2.24, 2.45) is 0 Å². The van der Waals surface area contributed by atoms with Crippen LogP contribution in [0.5, 0.6) is 11.5 Å². The maximum Gasteiger partial charge on any atom is 0.347 e. The maximum absolute atomic E-state index is 13.3. The van der Waals surface area contributed by atoms with Crippen LogP contribution in [0.2, 0.25) is 0 Å². The van der Waals surface area contributed by atoms with Gasteiger partial charge in [-0.05, 0) is 72.6 Å². The van der Waals surface area contributed by atoms with Crippen LogP contribution in [0.4, 0.5) is 0 Å². The molecule has 0 fully saturated rings. The van der Waals surface area contributed by atoms with E-state index in [4.69, 9.17) is 4.74 Å². The number of unbranched alkanes of at least 4 members (excludes halogenated alkanes) is 1. The van der Waals surface area contributed by atoms with Gasteiger partial charge < -0.3 is 19.8 Å². The van der Waals surface area contributed by atoms with Crippen LogP contribution >= 0.6 is 0 Å². The number of aliphatic carboxylic acids is 1. The highest BCUT2D eigenvalue weighted by atomic mass is 16.5. The van der Waals surface area contributed by atoms with Crippen molar-refractivity contribution in [2.75, 3.05) is 6.54 Å². The molecule has 38 heavy (non-hydrogen) atoms. The third-order valence-electron chi connectivity index (χ3n) is 6.44. The van der Waals surface area contributed by atoms with E-state index in [1.54, 1.807) is 18.2 Å². The fraction of sp³-hybridized carbons (Fsp3) is 0.500. The van der Waals surface area contributed by atoms with Crippen molar-refractivity contribution in [3.63, 3.8) is 0 Å². The summed E-state index contributed by atoms with van der Waals surface area (Å²) in [5.41, 5.74) is 1.69. The highest BCUT2D eigenvalue weighted by Crippen LogP contribution is 2.40. The molecule has 0 atom stereocenters. The Morgan fingerprint density at radius 1 is 0.921 bits per heavy atom. The summed E-state index contributed by atoms with van der Waals surface area (Å²) in [6, 6.07) is 11.1. The molecule has 6 heteroatoms. The maximum atomic E-state index is 13.3. The van der Waals surface area contributed by atoms with E-state index in [0.29, 0.717) is 24.6 Å². The Labute approximate surface area is 228 Å². The lowest BCUT2D eigenvalue weighted by Gasteiger charge is -2.28. The van der Waals surface area contributed by atoms with Crippen molar-refractivity contribution in [2.45, 2.75) is 98.1 Å². The Morgan fingerprint density at radius 2 is 1.45 bits per heavy atom. The van der Waals surface area contributed by atoms with Crippen molar-refractivity contribution >= 4 is 18.0 Å². The number of phenols is 1. The number of carboxylic acids is 1. The number of amides is 1. The van der Waals surface area contributed by atoms with E-state index < -0.39 is 11.6 Å². The van der Waals surface area contributed by atoms with Crippen molar-refractivity contribution < 1.29 is 24.5 Å². The first kappa shape index (κ1) is 30.9. The molecule has 0 bridgehead atoms. The number of carbonyl (C=O) groups is 2. The molecule has 0 spiro atoms. The first-order chi connectivity index (χ1) is 17.5. The van der Waals surface area contributed by atoms with Crippen LogP contribution in [0.1, 0.15) is 97.4 Å². The van der Waals surface area contributed by atoms with Gasteiger partial charge >= 0.3 is 5.97 Å². The molecule has 2 rings (SSSR count). The van der Waals surface area contributed by atoms with Crippen molar-refractivity contribution in [1.29, 1.82) is 0 Å². The van der Waals surface area contributed by atoms with Crippen LogP contribution in [0, 0.1) is 0 Å². The van der Waals surface area contributed by atoms with Crippen LogP contribution in [0.25, 0.3) is 6.08 Å². The Hall–Kier alpha value is -3.28. The third kappa shape index (κ3) is 8.37. The van der Waals surface area contributed by atoms with Gasteiger partial charge in [0.15, 0.2) is 5.60 Å². The largest absolute Gasteiger partial charge is 0.507 e. The van der Waals surface area contributed by atoms with Gasteiger partial charge in [-0.15, -0.1) is 0 Å². The number of nitrogens with zero attached hydrogens (tertiary/aromatic N) is 1. The van der Waals surface area contributed by atoms with E-state index in [2.05, 4.69) is 48.5 Å². The topological polar surface area (TPSA) is 87.1 Å². The number of benzene rings is 2. The number of rotatable bonds is 10. The van der Waals surface area contributed by atoms with Crippen LogP contribution in [-0.4, -0.2) is 39.1 Å². The van der Waals surface area contributed by atoms with Gasteiger partial charge in [-0.1, -0.05) is 67.0 Å². The standard InChI is InChI=1S/C32H45NO5/c1-10-11-18-33(21-22-12-15-24(16-13-22)38-32(8,9)29(36)37)27(34)17-14-23-19-25(30(2,3)4)28(35)26(20-23)31(5,6)7/h12-17,19-20,35H,10-11,18,21H2,1-9H3,(H,36,37)/b17-14+. The lowest BCUT2D eigenvalue weighted by atomic mass is 9.78. The monoisotopic (exact) mass is 523 g/mol. The van der Waals surface area contributed by atoms with E-state index >= 15 is 0 Å². The summed E-state index contributed by atoms with van der Waals surface area (Å²) < 4.78 is 5.59. The minimum absolute atomic E-state index is 0.0894. The van der Waals surface area contributed by atoms with Gasteiger partial charge in [-0.25, -0.2) is 4.79 Å². The second-order valence-electron chi connectivity index (χ2n) is 12.5. The highest BCUT2D eigenvalue weighted by Gasteiger charge is 2.29. The average Bonchev–Trinajstić information content (AvgIpc) is 2.80. The number of ether oxygens (including phenoxy) is 1. The van der Waals surface area contributed by atoms with E-state index in [-0.39, 0.29) is 16.7 Å². The zero-order valence-electron chi connectivity index (χ0n) is 24.5. The molecule has 0 aliphatic carbocycles. The quantitative estimate of drug-likeness (QED) is 0.325. The number of hydrogen-bond acceptors (Lipinski definition) is 4. The third-order valence-corrected chi connectivity index (χ3v) is 6.44. The summed E-state index contributed by atoms with van der Waals surface area (Å²) in [5.74, 6) is -0.350. The smallest absolute Gasteiger partial charge is 0.347 e. The van der Waals surface area contributed by atoms with Crippen LogP contribution in [-0.2, 0) is 27.0 Å². The van der Waals surface area contributed by atoms with Crippen LogP contribution < -0.4 is 4.74 Å². The van der Waals surface area contributed by atoms with E-state index in [9.17, 15) is 19.8 Å². The molecule has 0 aliphatic rings. The minimum atomic E-state index is -1.33. The molecule has 0 radical (unpaired) electrons. The number of aromatic hydroxyl groups is 1. The molecule has 1 amide bonds. The van der Waals surface area contributed by atoms with E-state index in [1.165, 1.54) is 13.8 Å². The number of carbonyl (C=O) groups excluding carboxylic acids is 1. The first-order valence-electron chi connectivity index (χ1n) is 13.3. The van der Waals surface area contributed by atoms with Gasteiger partial charge in [0.2, 0.25) is 5.91 Å². The zero-order chi connectivity index (χ0) is 28.9. The molecule has 208 valence electrons. The molecule has 0 saturated carbocycles. The molecule has 2 N–H and O–H groups in total.